The maximum absolute atomic E-state index is 11.0. The number of unbranched alkanes of at least 4 members (excludes halogenated alkanes) is 1. The first-order valence-electron chi connectivity index (χ1n) is 10.7. The molecular formula is C26H26N2O4. The van der Waals surface area contributed by atoms with Gasteiger partial charge in [-0.1, -0.05) is 61.9 Å². The molecular weight excluding hydrogens is 404 g/mol. The second kappa shape index (κ2) is 9.56. The number of imidazole rings is 1. The van der Waals surface area contributed by atoms with E-state index in [2.05, 4.69) is 23.6 Å². The van der Waals surface area contributed by atoms with E-state index >= 15 is 0 Å². The first-order valence-corrected chi connectivity index (χ1v) is 10.7. The average Bonchev–Trinajstić information content (AvgIpc) is 3.15. The Kier molecular flexibility index (Phi) is 6.40. The molecule has 4 rings (SSSR count). The molecule has 0 atom stereocenters. The van der Waals surface area contributed by atoms with E-state index in [1.165, 1.54) is 0 Å². The lowest BCUT2D eigenvalue weighted by Crippen LogP contribution is -2.06. The van der Waals surface area contributed by atoms with Crippen molar-refractivity contribution in [1.82, 2.24) is 9.55 Å². The molecule has 0 fully saturated rings. The Morgan fingerprint density at radius 2 is 1.75 bits per heavy atom. The van der Waals surface area contributed by atoms with Gasteiger partial charge in [-0.15, -0.1) is 0 Å². The standard InChI is InChI=1S/C26H26N2O4/c1-3-4-12-24-27-21-9-7-11-23(31-2)25(21)28(24)17-18-13-15-19(16-14-18)20-8-5-6-10-22(20)32-26(29)30/h5-11,13-16H,3-4,12,17H2,1-2H3,(H,29,30). The molecule has 1 aromatic heterocycles. The molecule has 0 saturated heterocycles. The van der Waals surface area contributed by atoms with Crippen molar-refractivity contribution in [3.05, 3.63) is 78.1 Å². The number of nitrogens with zero attached hydrogens (tertiary/aromatic N) is 2. The van der Waals surface area contributed by atoms with E-state index in [4.69, 9.17) is 19.6 Å². The molecule has 1 heterocycles. The Bertz CT molecular complexity index is 1230. The van der Waals surface area contributed by atoms with Crippen LogP contribution in [0.2, 0.25) is 0 Å². The van der Waals surface area contributed by atoms with E-state index in [1.807, 2.05) is 42.5 Å². The van der Waals surface area contributed by atoms with Crippen molar-refractivity contribution in [1.29, 1.82) is 0 Å². The molecule has 0 radical (unpaired) electrons. The van der Waals surface area contributed by atoms with Crippen LogP contribution in [0.3, 0.4) is 0 Å². The maximum Gasteiger partial charge on any atom is 0.511 e. The largest absolute Gasteiger partial charge is 0.511 e. The quantitative estimate of drug-likeness (QED) is 0.268. The molecule has 0 amide bonds. The van der Waals surface area contributed by atoms with Crippen LogP contribution in [0.15, 0.2) is 66.7 Å². The van der Waals surface area contributed by atoms with Crippen molar-refractivity contribution in [2.75, 3.05) is 7.11 Å². The summed E-state index contributed by atoms with van der Waals surface area (Å²) in [6, 6.07) is 21.2. The van der Waals surface area contributed by atoms with Crippen molar-refractivity contribution >= 4 is 17.2 Å². The van der Waals surface area contributed by atoms with E-state index in [0.717, 1.165) is 58.6 Å². The van der Waals surface area contributed by atoms with E-state index < -0.39 is 6.16 Å². The van der Waals surface area contributed by atoms with Gasteiger partial charge in [0.25, 0.3) is 0 Å². The first-order chi connectivity index (χ1) is 15.6. The molecule has 0 aliphatic rings. The van der Waals surface area contributed by atoms with Gasteiger partial charge in [-0.25, -0.2) is 9.78 Å². The lowest BCUT2D eigenvalue weighted by Gasteiger charge is -2.13. The van der Waals surface area contributed by atoms with Crippen molar-refractivity contribution in [2.24, 2.45) is 0 Å². The van der Waals surface area contributed by atoms with Crippen molar-refractivity contribution in [3.8, 4) is 22.6 Å². The lowest BCUT2D eigenvalue weighted by atomic mass is 10.0. The van der Waals surface area contributed by atoms with E-state index in [0.29, 0.717) is 12.3 Å². The number of hydrogen-bond acceptors (Lipinski definition) is 4. The van der Waals surface area contributed by atoms with Crippen molar-refractivity contribution < 1.29 is 19.4 Å². The fourth-order valence-electron chi connectivity index (χ4n) is 3.92. The van der Waals surface area contributed by atoms with E-state index in [1.54, 1.807) is 19.2 Å². The molecule has 6 nitrogen and oxygen atoms in total. The average molecular weight is 431 g/mol. The Morgan fingerprint density at radius 3 is 2.47 bits per heavy atom. The van der Waals surface area contributed by atoms with Crippen molar-refractivity contribution in [3.63, 3.8) is 0 Å². The third-order valence-electron chi connectivity index (χ3n) is 5.47. The Morgan fingerprint density at radius 1 is 1.00 bits per heavy atom. The molecule has 0 aliphatic carbocycles. The van der Waals surface area contributed by atoms with Gasteiger partial charge in [0.2, 0.25) is 0 Å². The predicted molar refractivity (Wildman–Crippen MR) is 125 cm³/mol. The summed E-state index contributed by atoms with van der Waals surface area (Å²) in [5.41, 5.74) is 4.69. The van der Waals surface area contributed by atoms with Gasteiger partial charge in [-0.2, -0.15) is 0 Å². The molecule has 0 aliphatic heterocycles. The zero-order chi connectivity index (χ0) is 22.5. The van der Waals surface area contributed by atoms with Gasteiger partial charge >= 0.3 is 6.16 Å². The molecule has 164 valence electrons. The molecule has 32 heavy (non-hydrogen) atoms. The number of aryl methyl sites for hydroxylation is 1. The number of hydrogen-bond donors (Lipinski definition) is 1. The summed E-state index contributed by atoms with van der Waals surface area (Å²) < 4.78 is 12.8. The summed E-state index contributed by atoms with van der Waals surface area (Å²) in [5.74, 6) is 2.18. The number of methoxy groups -OCH3 is 1. The Hall–Kier alpha value is -3.80. The minimum Gasteiger partial charge on any atom is -0.494 e. The molecule has 0 saturated carbocycles. The van der Waals surface area contributed by atoms with Crippen LogP contribution in [0.4, 0.5) is 4.79 Å². The van der Waals surface area contributed by atoms with Gasteiger partial charge in [0, 0.05) is 18.5 Å². The third-order valence-corrected chi connectivity index (χ3v) is 5.47. The molecule has 0 unspecified atom stereocenters. The predicted octanol–water partition coefficient (Wildman–Crippen LogP) is 6.16. The van der Waals surface area contributed by atoms with Gasteiger partial charge in [-0.05, 0) is 35.7 Å². The van der Waals surface area contributed by atoms with Crippen LogP contribution in [0.1, 0.15) is 31.2 Å². The fourth-order valence-corrected chi connectivity index (χ4v) is 3.92. The fraction of sp³-hybridized carbons (Fsp3) is 0.231. The summed E-state index contributed by atoms with van der Waals surface area (Å²) in [7, 11) is 1.68. The van der Waals surface area contributed by atoms with Crippen molar-refractivity contribution in [2.45, 2.75) is 32.7 Å². The number of benzene rings is 3. The number of rotatable bonds is 8. The SMILES string of the molecule is CCCCc1nc2cccc(OC)c2n1Cc1ccc(-c2ccccc2OC(=O)O)cc1. The second-order valence-corrected chi connectivity index (χ2v) is 7.61. The van der Waals surface area contributed by atoms with E-state index in [-0.39, 0.29) is 0 Å². The van der Waals surface area contributed by atoms with Crippen LogP contribution in [-0.2, 0) is 13.0 Å². The minimum atomic E-state index is -1.32. The number of carbonyl (C=O) groups is 1. The number of aromatic nitrogens is 2. The molecule has 4 aromatic rings. The van der Waals surface area contributed by atoms with Crippen LogP contribution in [-0.4, -0.2) is 27.9 Å². The van der Waals surface area contributed by atoms with Gasteiger partial charge in [0.15, 0.2) is 0 Å². The molecule has 6 heteroatoms. The number of ether oxygens (including phenoxy) is 2. The van der Waals surface area contributed by atoms with Gasteiger partial charge in [0.05, 0.1) is 12.6 Å². The molecule has 1 N–H and O–H groups in total. The zero-order valence-electron chi connectivity index (χ0n) is 18.2. The molecule has 0 spiro atoms. The van der Waals surface area contributed by atoms with E-state index in [9.17, 15) is 4.79 Å². The topological polar surface area (TPSA) is 73.6 Å². The summed E-state index contributed by atoms with van der Waals surface area (Å²) in [6.07, 6.45) is 1.76. The monoisotopic (exact) mass is 430 g/mol. The van der Waals surface area contributed by atoms with Crippen LogP contribution in [0.25, 0.3) is 22.2 Å². The summed E-state index contributed by atoms with van der Waals surface area (Å²) in [5, 5.41) is 9.00. The van der Waals surface area contributed by atoms with Crippen LogP contribution < -0.4 is 9.47 Å². The summed E-state index contributed by atoms with van der Waals surface area (Å²) >= 11 is 0. The summed E-state index contributed by atoms with van der Waals surface area (Å²) in [6.45, 7) is 2.85. The highest BCUT2D eigenvalue weighted by atomic mass is 16.7. The number of para-hydroxylation sites is 2. The van der Waals surface area contributed by atoms with Gasteiger partial charge < -0.3 is 19.1 Å². The third kappa shape index (κ3) is 4.44. The Labute approximate surface area is 187 Å². The molecule has 3 aromatic carbocycles. The maximum atomic E-state index is 11.0. The first kappa shape index (κ1) is 21.4. The van der Waals surface area contributed by atoms with Gasteiger partial charge in [-0.3, -0.25) is 0 Å². The highest BCUT2D eigenvalue weighted by molar-refractivity contribution is 5.83. The lowest BCUT2D eigenvalue weighted by molar-refractivity contribution is 0.144. The Balaban J connectivity index is 1.68. The smallest absolute Gasteiger partial charge is 0.494 e. The minimum absolute atomic E-state index is 0.319. The highest BCUT2D eigenvalue weighted by Gasteiger charge is 2.15. The normalized spacial score (nSPS) is 10.9. The van der Waals surface area contributed by atoms with Crippen LogP contribution in [0.5, 0.6) is 11.5 Å². The van der Waals surface area contributed by atoms with Gasteiger partial charge in [0.1, 0.15) is 22.8 Å². The number of carboxylic acid groups (broad SMARTS) is 1. The van der Waals surface area contributed by atoms with Crippen LogP contribution >= 0.6 is 0 Å². The molecule has 0 bridgehead atoms. The summed E-state index contributed by atoms with van der Waals surface area (Å²) in [4.78, 5) is 15.9. The second-order valence-electron chi connectivity index (χ2n) is 7.61. The highest BCUT2D eigenvalue weighted by Crippen LogP contribution is 2.31. The number of fused-ring (bicyclic) bond motifs is 1. The zero-order valence-corrected chi connectivity index (χ0v) is 18.2. The van der Waals surface area contributed by atoms with Crippen LogP contribution in [0, 0.1) is 0 Å².